The molecule has 19 heavy (non-hydrogen) atoms. The fourth-order valence-corrected chi connectivity index (χ4v) is 3.63. The smallest absolute Gasteiger partial charge is 0.0211 e. The number of nitrogens with one attached hydrogen (secondary N) is 2. The van der Waals surface area contributed by atoms with Gasteiger partial charge in [0.2, 0.25) is 0 Å². The van der Waals surface area contributed by atoms with Crippen molar-refractivity contribution in [2.75, 3.05) is 6.54 Å². The van der Waals surface area contributed by atoms with Gasteiger partial charge in [0.05, 0.1) is 0 Å². The van der Waals surface area contributed by atoms with Gasteiger partial charge < -0.3 is 10.6 Å². The first kappa shape index (κ1) is 11.9. The van der Waals surface area contributed by atoms with E-state index in [1.165, 1.54) is 37.7 Å². The Bertz CT molecular complexity index is 448. The second-order valence-electron chi connectivity index (χ2n) is 6.56. The predicted molar refractivity (Wildman–Crippen MR) is 77.9 cm³/mol. The Morgan fingerprint density at radius 2 is 1.95 bits per heavy atom. The molecule has 2 nitrogen and oxygen atoms in total. The van der Waals surface area contributed by atoms with Gasteiger partial charge in [-0.05, 0) is 67.2 Å². The highest BCUT2D eigenvalue weighted by atomic mass is 14.9. The zero-order valence-corrected chi connectivity index (χ0v) is 11.6. The lowest BCUT2D eigenvalue weighted by Crippen LogP contribution is -2.33. The summed E-state index contributed by atoms with van der Waals surface area (Å²) in [5.74, 6) is 1.99. The zero-order chi connectivity index (χ0) is 12.7. The van der Waals surface area contributed by atoms with Crippen LogP contribution in [0.4, 0.5) is 0 Å². The molecule has 2 saturated carbocycles. The van der Waals surface area contributed by atoms with Gasteiger partial charge in [0, 0.05) is 19.1 Å². The summed E-state index contributed by atoms with van der Waals surface area (Å²) in [5.41, 5.74) is 4.67. The van der Waals surface area contributed by atoms with Crippen molar-refractivity contribution in [1.82, 2.24) is 10.6 Å². The van der Waals surface area contributed by atoms with E-state index in [9.17, 15) is 0 Å². The first-order valence-corrected chi connectivity index (χ1v) is 7.95. The molecular weight excluding hydrogens is 232 g/mol. The highest BCUT2D eigenvalue weighted by Gasteiger charge is 2.40. The van der Waals surface area contributed by atoms with E-state index in [1.54, 1.807) is 11.1 Å². The van der Waals surface area contributed by atoms with E-state index in [2.05, 4.69) is 28.8 Å². The van der Waals surface area contributed by atoms with E-state index in [4.69, 9.17) is 0 Å². The van der Waals surface area contributed by atoms with Crippen molar-refractivity contribution in [3.63, 3.8) is 0 Å². The number of hydrogen-bond donors (Lipinski definition) is 2. The molecule has 102 valence electrons. The first-order chi connectivity index (χ1) is 9.42. The number of hydrogen-bond acceptors (Lipinski definition) is 2. The summed E-state index contributed by atoms with van der Waals surface area (Å²) in [6, 6.07) is 7.65. The van der Waals surface area contributed by atoms with E-state index in [-0.39, 0.29) is 0 Å². The van der Waals surface area contributed by atoms with Crippen molar-refractivity contribution >= 4 is 0 Å². The third kappa shape index (κ3) is 2.56. The monoisotopic (exact) mass is 256 g/mol. The van der Waals surface area contributed by atoms with Crippen LogP contribution in [0.1, 0.15) is 42.4 Å². The maximum Gasteiger partial charge on any atom is 0.0211 e. The number of fused-ring (bicyclic) bond motifs is 1. The minimum Gasteiger partial charge on any atom is -0.312 e. The molecule has 0 spiro atoms. The van der Waals surface area contributed by atoms with Crippen LogP contribution in [0.3, 0.4) is 0 Å². The van der Waals surface area contributed by atoms with Gasteiger partial charge in [0.1, 0.15) is 0 Å². The second kappa shape index (κ2) is 4.92. The fourth-order valence-electron chi connectivity index (χ4n) is 3.63. The van der Waals surface area contributed by atoms with Crippen LogP contribution in [-0.2, 0) is 19.5 Å². The van der Waals surface area contributed by atoms with E-state index < -0.39 is 0 Å². The van der Waals surface area contributed by atoms with Crippen molar-refractivity contribution in [3.8, 4) is 0 Å². The molecule has 1 heterocycles. The molecule has 1 aromatic carbocycles. The van der Waals surface area contributed by atoms with Crippen LogP contribution in [0.15, 0.2) is 18.2 Å². The fraction of sp³-hybridized carbons (Fsp3) is 0.647. The summed E-state index contributed by atoms with van der Waals surface area (Å²) in [6.45, 7) is 3.28. The lowest BCUT2D eigenvalue weighted by Gasteiger charge is -2.23. The van der Waals surface area contributed by atoms with E-state index in [0.29, 0.717) is 0 Å². The standard InChI is InChI=1S/C17H24N2/c1-2-14-10-18-9-8-16(14)15(3-1)11-19-17(12-4-5-12)13-6-7-13/h1-3,12-13,17-19H,4-11H2. The lowest BCUT2D eigenvalue weighted by molar-refractivity contribution is 0.414. The third-order valence-corrected chi connectivity index (χ3v) is 5.03. The topological polar surface area (TPSA) is 24.1 Å². The summed E-state index contributed by atoms with van der Waals surface area (Å²) < 4.78 is 0. The van der Waals surface area contributed by atoms with E-state index >= 15 is 0 Å². The summed E-state index contributed by atoms with van der Waals surface area (Å²) in [7, 11) is 0. The number of benzene rings is 1. The lowest BCUT2D eigenvalue weighted by atomic mass is 9.95. The zero-order valence-electron chi connectivity index (χ0n) is 11.6. The minimum atomic E-state index is 0.817. The summed E-state index contributed by atoms with van der Waals surface area (Å²) in [5, 5.41) is 7.36. The Hall–Kier alpha value is -0.860. The molecule has 1 aliphatic heterocycles. The van der Waals surface area contributed by atoms with Gasteiger partial charge in [-0.1, -0.05) is 18.2 Å². The van der Waals surface area contributed by atoms with Crippen molar-refractivity contribution in [1.29, 1.82) is 0 Å². The van der Waals surface area contributed by atoms with Gasteiger partial charge in [-0.25, -0.2) is 0 Å². The molecule has 2 aliphatic carbocycles. The Morgan fingerprint density at radius 3 is 2.68 bits per heavy atom. The Kier molecular flexibility index (Phi) is 3.08. The van der Waals surface area contributed by atoms with Crippen LogP contribution in [0, 0.1) is 11.8 Å². The van der Waals surface area contributed by atoms with Crippen LogP contribution in [0.5, 0.6) is 0 Å². The molecule has 0 bridgehead atoms. The van der Waals surface area contributed by atoms with Crippen molar-refractivity contribution in [2.45, 2.75) is 51.2 Å². The highest BCUT2D eigenvalue weighted by molar-refractivity contribution is 5.37. The molecule has 3 aliphatic rings. The van der Waals surface area contributed by atoms with Crippen molar-refractivity contribution in [3.05, 3.63) is 34.9 Å². The molecule has 4 rings (SSSR count). The highest BCUT2D eigenvalue weighted by Crippen LogP contribution is 2.44. The summed E-state index contributed by atoms with van der Waals surface area (Å²) >= 11 is 0. The second-order valence-corrected chi connectivity index (χ2v) is 6.56. The molecule has 0 aromatic heterocycles. The normalized spacial score (nSPS) is 22.6. The molecule has 0 radical (unpaired) electrons. The molecule has 0 saturated heterocycles. The SMILES string of the molecule is c1cc2c(c(CNC(C3CC3)C3CC3)c1)CCNC2. The van der Waals surface area contributed by atoms with Gasteiger partial charge in [-0.2, -0.15) is 0 Å². The maximum absolute atomic E-state index is 3.89. The summed E-state index contributed by atoms with van der Waals surface area (Å²) in [6.07, 6.45) is 7.05. The molecule has 2 N–H and O–H groups in total. The first-order valence-electron chi connectivity index (χ1n) is 7.95. The van der Waals surface area contributed by atoms with Crippen molar-refractivity contribution in [2.24, 2.45) is 11.8 Å². The third-order valence-electron chi connectivity index (χ3n) is 5.03. The van der Waals surface area contributed by atoms with Gasteiger partial charge in [-0.15, -0.1) is 0 Å². The van der Waals surface area contributed by atoms with Gasteiger partial charge >= 0.3 is 0 Å². The molecule has 2 fully saturated rings. The molecule has 0 amide bonds. The van der Waals surface area contributed by atoms with Crippen molar-refractivity contribution < 1.29 is 0 Å². The molecule has 1 aromatic rings. The number of rotatable bonds is 5. The molecule has 0 atom stereocenters. The molecule has 0 unspecified atom stereocenters. The van der Waals surface area contributed by atoms with Gasteiger partial charge in [-0.3, -0.25) is 0 Å². The Balaban J connectivity index is 1.47. The van der Waals surface area contributed by atoms with Crippen LogP contribution in [-0.4, -0.2) is 12.6 Å². The quantitative estimate of drug-likeness (QED) is 0.846. The Labute approximate surface area is 116 Å². The van der Waals surface area contributed by atoms with Crippen LogP contribution < -0.4 is 10.6 Å². The molecule has 2 heteroatoms. The average molecular weight is 256 g/mol. The van der Waals surface area contributed by atoms with Crippen LogP contribution in [0.25, 0.3) is 0 Å². The molecular formula is C17H24N2. The van der Waals surface area contributed by atoms with Gasteiger partial charge in [0.15, 0.2) is 0 Å². The average Bonchev–Trinajstić information content (AvgIpc) is 3.33. The van der Waals surface area contributed by atoms with Crippen LogP contribution >= 0.6 is 0 Å². The minimum absolute atomic E-state index is 0.817. The predicted octanol–water partition coefficient (Wildman–Crippen LogP) is 2.61. The van der Waals surface area contributed by atoms with Crippen LogP contribution in [0.2, 0.25) is 0 Å². The maximum atomic E-state index is 3.89. The van der Waals surface area contributed by atoms with E-state index in [0.717, 1.165) is 37.5 Å². The van der Waals surface area contributed by atoms with E-state index in [1.807, 2.05) is 0 Å². The Morgan fingerprint density at radius 1 is 1.16 bits per heavy atom. The largest absolute Gasteiger partial charge is 0.312 e. The van der Waals surface area contributed by atoms with Gasteiger partial charge in [0.25, 0.3) is 0 Å². The summed E-state index contributed by atoms with van der Waals surface area (Å²) in [4.78, 5) is 0.